The molecule has 6 nitrogen and oxygen atoms in total. The van der Waals surface area contributed by atoms with Crippen LogP contribution in [0.1, 0.15) is 52.5 Å². The highest BCUT2D eigenvalue weighted by molar-refractivity contribution is 5.99. The van der Waals surface area contributed by atoms with Crippen molar-refractivity contribution in [3.63, 3.8) is 0 Å². The van der Waals surface area contributed by atoms with E-state index in [2.05, 4.69) is 5.32 Å². The number of aromatic nitrogens is 2. The molecular weight excluding hydrogens is 467 g/mol. The molecule has 1 aliphatic heterocycles. The van der Waals surface area contributed by atoms with Gasteiger partial charge in [-0.2, -0.15) is 10.1 Å². The predicted octanol–water partition coefficient (Wildman–Crippen LogP) is 6.03. The quantitative estimate of drug-likeness (QED) is 0.367. The van der Waals surface area contributed by atoms with Crippen LogP contribution >= 0.6 is 0 Å². The molecule has 0 saturated carbocycles. The SMILES string of the molecule is Cc1cccc(C(=O)N[C@H]2C(OC(C)C)=Nc3c(c(C)nn3-c3ccccc3)[C@H]2c2ccc(F)cc2)c1. The number of hydrogen-bond donors (Lipinski definition) is 1. The second kappa shape index (κ2) is 10.0. The third kappa shape index (κ3) is 4.89. The van der Waals surface area contributed by atoms with E-state index in [1.165, 1.54) is 12.1 Å². The van der Waals surface area contributed by atoms with Crippen LogP contribution in [0.4, 0.5) is 10.2 Å². The number of amides is 1. The van der Waals surface area contributed by atoms with Crippen molar-refractivity contribution < 1.29 is 13.9 Å². The van der Waals surface area contributed by atoms with Gasteiger partial charge in [-0.3, -0.25) is 4.79 Å². The van der Waals surface area contributed by atoms with E-state index in [0.717, 1.165) is 28.1 Å². The fourth-order valence-corrected chi connectivity index (χ4v) is 4.76. The summed E-state index contributed by atoms with van der Waals surface area (Å²) in [4.78, 5) is 18.4. The van der Waals surface area contributed by atoms with Crippen molar-refractivity contribution in [2.24, 2.45) is 4.99 Å². The largest absolute Gasteiger partial charge is 0.476 e. The van der Waals surface area contributed by atoms with E-state index in [4.69, 9.17) is 14.8 Å². The lowest BCUT2D eigenvalue weighted by Crippen LogP contribution is -2.48. The number of carbonyl (C=O) groups is 1. The molecule has 2 atom stereocenters. The maximum absolute atomic E-state index is 13.9. The van der Waals surface area contributed by atoms with Crippen LogP contribution < -0.4 is 5.32 Å². The van der Waals surface area contributed by atoms with E-state index in [1.54, 1.807) is 22.9 Å². The first-order valence-electron chi connectivity index (χ1n) is 12.3. The number of nitrogens with zero attached hydrogens (tertiary/aromatic N) is 3. The Kier molecular flexibility index (Phi) is 6.61. The maximum Gasteiger partial charge on any atom is 0.251 e. The molecule has 4 aromatic rings. The molecule has 1 aliphatic rings. The lowest BCUT2D eigenvalue weighted by Gasteiger charge is -2.33. The van der Waals surface area contributed by atoms with Crippen molar-refractivity contribution in [3.8, 4) is 5.69 Å². The van der Waals surface area contributed by atoms with E-state index in [-0.39, 0.29) is 17.8 Å². The van der Waals surface area contributed by atoms with Crippen LogP contribution in [-0.2, 0) is 4.74 Å². The topological polar surface area (TPSA) is 68.5 Å². The summed E-state index contributed by atoms with van der Waals surface area (Å²) in [6.45, 7) is 7.72. The van der Waals surface area contributed by atoms with Gasteiger partial charge in [0, 0.05) is 17.0 Å². The maximum atomic E-state index is 13.9. The molecular formula is C30H29FN4O2. The summed E-state index contributed by atoms with van der Waals surface area (Å²) in [6.07, 6.45) is -0.179. The highest BCUT2D eigenvalue weighted by Gasteiger charge is 2.41. The van der Waals surface area contributed by atoms with E-state index < -0.39 is 12.0 Å². The van der Waals surface area contributed by atoms with Gasteiger partial charge < -0.3 is 10.1 Å². The Bertz CT molecular complexity index is 1460. The summed E-state index contributed by atoms with van der Waals surface area (Å²) in [5.41, 5.74) is 4.86. The highest BCUT2D eigenvalue weighted by Crippen LogP contribution is 2.42. The van der Waals surface area contributed by atoms with Crippen molar-refractivity contribution >= 4 is 17.6 Å². The summed E-state index contributed by atoms with van der Waals surface area (Å²) >= 11 is 0. The third-order valence-electron chi connectivity index (χ3n) is 6.36. The second-order valence-electron chi connectivity index (χ2n) is 9.54. The molecule has 1 N–H and O–H groups in total. The number of para-hydroxylation sites is 1. The zero-order valence-corrected chi connectivity index (χ0v) is 21.3. The Balaban J connectivity index is 1.69. The Hall–Kier alpha value is -4.26. The molecule has 1 amide bonds. The lowest BCUT2D eigenvalue weighted by molar-refractivity contribution is 0.0935. The first-order chi connectivity index (χ1) is 17.8. The van der Waals surface area contributed by atoms with Crippen LogP contribution in [0.15, 0.2) is 83.9 Å². The van der Waals surface area contributed by atoms with Crippen molar-refractivity contribution in [2.75, 3.05) is 0 Å². The molecule has 5 rings (SSSR count). The number of ether oxygens (including phenoxy) is 1. The Morgan fingerprint density at radius 1 is 1.00 bits per heavy atom. The number of hydrogen-bond acceptors (Lipinski definition) is 4. The summed E-state index contributed by atoms with van der Waals surface area (Å²) in [7, 11) is 0. The van der Waals surface area contributed by atoms with Crippen LogP contribution in [0.25, 0.3) is 5.69 Å². The van der Waals surface area contributed by atoms with Gasteiger partial charge in [0.25, 0.3) is 5.91 Å². The van der Waals surface area contributed by atoms with Crippen LogP contribution in [-0.4, -0.2) is 33.7 Å². The molecule has 0 unspecified atom stereocenters. The zero-order valence-electron chi connectivity index (χ0n) is 21.3. The van der Waals surface area contributed by atoms with Gasteiger partial charge in [0.1, 0.15) is 11.9 Å². The molecule has 7 heteroatoms. The van der Waals surface area contributed by atoms with Gasteiger partial charge in [-0.15, -0.1) is 0 Å². The van der Waals surface area contributed by atoms with Gasteiger partial charge in [0.2, 0.25) is 5.90 Å². The minimum atomic E-state index is -0.625. The Labute approximate surface area is 215 Å². The fourth-order valence-electron chi connectivity index (χ4n) is 4.76. The molecule has 0 spiro atoms. The number of halogens is 1. The van der Waals surface area contributed by atoms with Gasteiger partial charge >= 0.3 is 0 Å². The van der Waals surface area contributed by atoms with Crippen molar-refractivity contribution in [3.05, 3.63) is 113 Å². The van der Waals surface area contributed by atoms with E-state index >= 15 is 0 Å². The fraction of sp³-hybridized carbons (Fsp3) is 0.233. The average molecular weight is 497 g/mol. The number of fused-ring (bicyclic) bond motifs is 1. The van der Waals surface area contributed by atoms with Crippen LogP contribution in [0.5, 0.6) is 0 Å². The minimum absolute atomic E-state index is 0.179. The zero-order chi connectivity index (χ0) is 26.1. The van der Waals surface area contributed by atoms with E-state index in [1.807, 2.05) is 76.2 Å². The van der Waals surface area contributed by atoms with E-state index in [0.29, 0.717) is 17.3 Å². The van der Waals surface area contributed by atoms with Crippen molar-refractivity contribution in [1.29, 1.82) is 0 Å². The third-order valence-corrected chi connectivity index (χ3v) is 6.36. The van der Waals surface area contributed by atoms with Gasteiger partial charge in [-0.05, 0) is 69.7 Å². The van der Waals surface area contributed by atoms with Gasteiger partial charge in [-0.1, -0.05) is 48.0 Å². The summed E-state index contributed by atoms with van der Waals surface area (Å²) < 4.78 is 21.9. The monoisotopic (exact) mass is 496 g/mol. The molecule has 188 valence electrons. The number of nitrogens with one attached hydrogen (secondary N) is 1. The molecule has 0 saturated heterocycles. The Morgan fingerprint density at radius 3 is 2.41 bits per heavy atom. The molecule has 0 fully saturated rings. The summed E-state index contributed by atoms with van der Waals surface area (Å²) in [6, 6.07) is 22.9. The predicted molar refractivity (Wildman–Crippen MR) is 142 cm³/mol. The molecule has 0 aliphatic carbocycles. The number of benzene rings is 3. The van der Waals surface area contributed by atoms with Crippen LogP contribution in [0.2, 0.25) is 0 Å². The summed E-state index contributed by atoms with van der Waals surface area (Å²) in [5, 5.41) is 7.99. The van der Waals surface area contributed by atoms with Gasteiger partial charge in [0.05, 0.1) is 17.5 Å². The van der Waals surface area contributed by atoms with E-state index in [9.17, 15) is 9.18 Å². The number of rotatable bonds is 5. The van der Waals surface area contributed by atoms with Gasteiger partial charge in [0.15, 0.2) is 5.82 Å². The number of aliphatic imine (C=N–C) groups is 1. The average Bonchev–Trinajstić information content (AvgIpc) is 3.21. The van der Waals surface area contributed by atoms with Gasteiger partial charge in [-0.25, -0.2) is 9.07 Å². The van der Waals surface area contributed by atoms with Crippen molar-refractivity contribution in [2.45, 2.75) is 45.8 Å². The molecule has 1 aromatic heterocycles. The van der Waals surface area contributed by atoms with Crippen molar-refractivity contribution in [1.82, 2.24) is 15.1 Å². The molecule has 0 bridgehead atoms. The molecule has 37 heavy (non-hydrogen) atoms. The minimum Gasteiger partial charge on any atom is -0.476 e. The smallest absolute Gasteiger partial charge is 0.251 e. The standard InChI is InChI=1S/C30H29FN4O2/c1-18(2)37-30-27(32-29(36)22-10-8-9-19(3)17-22)26(21-13-15-23(31)16-14-21)25-20(4)34-35(28(25)33-30)24-11-6-5-7-12-24/h5-18,26-27H,1-4H3,(H,32,36)/t26-,27-/m1/s1. The number of carbonyl (C=O) groups excluding carboxylic acids is 1. The number of aryl methyl sites for hydroxylation is 2. The molecule has 3 aromatic carbocycles. The highest BCUT2D eigenvalue weighted by atomic mass is 19.1. The van der Waals surface area contributed by atoms with Crippen LogP contribution in [0, 0.1) is 19.7 Å². The normalized spacial score (nSPS) is 16.8. The first-order valence-corrected chi connectivity index (χ1v) is 12.3. The second-order valence-corrected chi connectivity index (χ2v) is 9.54. The Morgan fingerprint density at radius 2 is 1.73 bits per heavy atom. The lowest BCUT2D eigenvalue weighted by atomic mass is 9.82. The van der Waals surface area contributed by atoms with Crippen LogP contribution in [0.3, 0.4) is 0 Å². The first kappa shape index (κ1) is 24.4. The summed E-state index contributed by atoms with van der Waals surface area (Å²) in [5.74, 6) is 0.0549. The molecule has 2 heterocycles. The molecule has 0 radical (unpaired) electrons.